The maximum Gasteiger partial charge on any atom is 0.286 e. The van der Waals surface area contributed by atoms with E-state index in [1.807, 2.05) is 13.0 Å². The smallest absolute Gasteiger partial charge is 0.286 e. The molecule has 2 heterocycles. The topological polar surface area (TPSA) is 66.9 Å². The number of H-pyrrole nitrogens is 1. The Morgan fingerprint density at radius 1 is 1.36 bits per heavy atom. The van der Waals surface area contributed by atoms with Crippen molar-refractivity contribution < 1.29 is 0 Å². The number of hydrogen-bond acceptors (Lipinski definition) is 3. The van der Waals surface area contributed by atoms with Crippen molar-refractivity contribution in [2.24, 2.45) is 0 Å². The van der Waals surface area contributed by atoms with E-state index >= 15 is 0 Å². The van der Waals surface area contributed by atoms with Crippen LogP contribution in [0.4, 0.5) is 11.4 Å². The Hall–Kier alpha value is -2.01. The Balaban J connectivity index is 2.12. The summed E-state index contributed by atoms with van der Waals surface area (Å²) in [4.78, 5) is 25.0. The highest BCUT2D eigenvalue weighted by atomic mass is 35.5. The van der Waals surface area contributed by atoms with Gasteiger partial charge in [-0.2, -0.15) is 0 Å². The molecule has 0 radical (unpaired) electrons. The lowest BCUT2D eigenvalue weighted by Crippen LogP contribution is -2.37. The van der Waals surface area contributed by atoms with E-state index in [9.17, 15) is 9.59 Å². The zero-order chi connectivity index (χ0) is 15.9. The van der Waals surface area contributed by atoms with Gasteiger partial charge in [0.05, 0.1) is 11.6 Å². The molecule has 5 nitrogen and oxygen atoms in total. The average molecular weight is 320 g/mol. The number of aromatic nitrogens is 2. The molecule has 0 amide bonds. The van der Waals surface area contributed by atoms with Gasteiger partial charge < -0.3 is 5.32 Å². The fourth-order valence-corrected chi connectivity index (χ4v) is 3.08. The summed E-state index contributed by atoms with van der Waals surface area (Å²) >= 11 is 5.98. The van der Waals surface area contributed by atoms with Crippen molar-refractivity contribution in [2.75, 3.05) is 5.32 Å². The number of fused-ring (bicyclic) bond motifs is 2. The Labute approximate surface area is 132 Å². The van der Waals surface area contributed by atoms with Gasteiger partial charge in [-0.05, 0) is 31.0 Å². The molecule has 1 aromatic carbocycles. The minimum Gasteiger partial charge on any atom is -0.350 e. The third kappa shape index (κ3) is 2.46. The maximum absolute atomic E-state index is 12.7. The van der Waals surface area contributed by atoms with Crippen molar-refractivity contribution in [1.29, 1.82) is 0 Å². The van der Waals surface area contributed by atoms with Gasteiger partial charge in [0, 0.05) is 17.1 Å². The van der Waals surface area contributed by atoms with Crippen molar-refractivity contribution in [3.05, 3.63) is 55.1 Å². The molecule has 1 aromatic heterocycles. The van der Waals surface area contributed by atoms with Crippen LogP contribution in [-0.4, -0.2) is 9.78 Å². The Bertz CT molecular complexity index is 838. The van der Waals surface area contributed by atoms with Crippen LogP contribution in [0.3, 0.4) is 0 Å². The number of anilines is 2. The first-order valence-electron chi connectivity index (χ1n) is 7.44. The Kier molecular flexibility index (Phi) is 3.83. The average Bonchev–Trinajstić information content (AvgIpc) is 2.49. The minimum absolute atomic E-state index is 0.0258. The molecule has 116 valence electrons. The second-order valence-corrected chi connectivity index (χ2v) is 6.15. The van der Waals surface area contributed by atoms with E-state index in [1.165, 1.54) is 4.68 Å². The molecule has 3 rings (SSSR count). The quantitative estimate of drug-likeness (QED) is 0.779. The van der Waals surface area contributed by atoms with Gasteiger partial charge in [0.1, 0.15) is 5.69 Å². The molecule has 6 heteroatoms. The minimum atomic E-state index is -0.275. The van der Waals surface area contributed by atoms with Gasteiger partial charge in [0.15, 0.2) is 0 Å². The molecule has 0 spiro atoms. The zero-order valence-electron chi connectivity index (χ0n) is 12.6. The van der Waals surface area contributed by atoms with Crippen LogP contribution in [0, 0.1) is 0 Å². The molecule has 1 atom stereocenters. The van der Waals surface area contributed by atoms with E-state index < -0.39 is 0 Å². The third-order valence-electron chi connectivity index (χ3n) is 4.07. The van der Waals surface area contributed by atoms with Crippen molar-refractivity contribution in [2.45, 2.75) is 39.2 Å². The summed E-state index contributed by atoms with van der Waals surface area (Å²) in [6.45, 7) is 4.00. The molecule has 1 aliphatic rings. The Morgan fingerprint density at radius 2 is 2.14 bits per heavy atom. The second kappa shape index (κ2) is 5.65. The van der Waals surface area contributed by atoms with E-state index in [4.69, 9.17) is 11.6 Å². The molecule has 0 saturated carbocycles. The number of nitrogens with zero attached hydrogens (tertiary/aromatic N) is 1. The highest BCUT2D eigenvalue weighted by Gasteiger charge is 2.23. The summed E-state index contributed by atoms with van der Waals surface area (Å²) < 4.78 is 1.45. The molecule has 1 unspecified atom stereocenters. The van der Waals surface area contributed by atoms with Gasteiger partial charge in [-0.15, -0.1) is 0 Å². The molecular weight excluding hydrogens is 302 g/mol. The summed E-state index contributed by atoms with van der Waals surface area (Å²) in [5.41, 5.74) is 2.19. The van der Waals surface area contributed by atoms with Crippen LogP contribution in [0.5, 0.6) is 0 Å². The van der Waals surface area contributed by atoms with Crippen LogP contribution in [0.1, 0.15) is 43.9 Å². The number of hydrogen-bond donors (Lipinski definition) is 2. The van der Waals surface area contributed by atoms with Crippen molar-refractivity contribution in [1.82, 2.24) is 9.78 Å². The summed E-state index contributed by atoms with van der Waals surface area (Å²) in [7, 11) is 0. The predicted octanol–water partition coefficient (Wildman–Crippen LogP) is 3.20. The lowest BCUT2D eigenvalue weighted by atomic mass is 9.99. The first kappa shape index (κ1) is 14.9. The molecule has 1 aliphatic heterocycles. The van der Waals surface area contributed by atoms with Gasteiger partial charge in [0.25, 0.3) is 11.1 Å². The van der Waals surface area contributed by atoms with E-state index in [0.717, 1.165) is 24.1 Å². The Morgan fingerprint density at radius 3 is 2.86 bits per heavy atom. The summed E-state index contributed by atoms with van der Waals surface area (Å²) in [6, 6.07) is 5.42. The van der Waals surface area contributed by atoms with Gasteiger partial charge >= 0.3 is 0 Å². The highest BCUT2D eigenvalue weighted by Crippen LogP contribution is 2.31. The van der Waals surface area contributed by atoms with Crippen LogP contribution in [0.15, 0.2) is 27.8 Å². The molecule has 2 N–H and O–H groups in total. The zero-order valence-corrected chi connectivity index (χ0v) is 13.3. The molecule has 0 saturated heterocycles. The van der Waals surface area contributed by atoms with Crippen LogP contribution in [0.2, 0.25) is 5.02 Å². The first-order valence-corrected chi connectivity index (χ1v) is 7.82. The number of nitrogens with one attached hydrogen (secondary N) is 2. The number of halogens is 1. The monoisotopic (exact) mass is 319 g/mol. The normalized spacial score (nSPS) is 14.0. The lowest BCUT2D eigenvalue weighted by Gasteiger charge is -2.23. The molecule has 22 heavy (non-hydrogen) atoms. The highest BCUT2D eigenvalue weighted by molar-refractivity contribution is 6.30. The summed E-state index contributed by atoms with van der Waals surface area (Å²) in [5, 5.41) is 6.33. The molecule has 0 bridgehead atoms. The number of aromatic amines is 1. The molecule has 2 aromatic rings. The van der Waals surface area contributed by atoms with Crippen LogP contribution < -0.4 is 16.4 Å². The SMILES string of the molecule is CCCC(C)n1[nH]c(=O)c2c(c1=O)Cc1ccc(Cl)cc1N2. The molecular formula is C16H18ClN3O2. The van der Waals surface area contributed by atoms with Crippen molar-refractivity contribution in [3.63, 3.8) is 0 Å². The van der Waals surface area contributed by atoms with Crippen LogP contribution in [0.25, 0.3) is 0 Å². The van der Waals surface area contributed by atoms with E-state index in [1.54, 1.807) is 12.1 Å². The second-order valence-electron chi connectivity index (χ2n) is 5.71. The third-order valence-corrected chi connectivity index (χ3v) is 4.31. The molecule has 0 aliphatic carbocycles. The van der Waals surface area contributed by atoms with E-state index in [-0.39, 0.29) is 17.2 Å². The van der Waals surface area contributed by atoms with Gasteiger partial charge in [-0.3, -0.25) is 14.7 Å². The summed E-state index contributed by atoms with van der Waals surface area (Å²) in [5.74, 6) is 0. The van der Waals surface area contributed by atoms with Gasteiger partial charge in [-0.1, -0.05) is 31.0 Å². The summed E-state index contributed by atoms with van der Waals surface area (Å²) in [6.07, 6.45) is 2.23. The number of rotatable bonds is 3. The van der Waals surface area contributed by atoms with Gasteiger partial charge in [0.2, 0.25) is 0 Å². The number of benzene rings is 1. The first-order chi connectivity index (χ1) is 10.5. The van der Waals surface area contributed by atoms with E-state index in [0.29, 0.717) is 22.7 Å². The van der Waals surface area contributed by atoms with Crippen LogP contribution in [-0.2, 0) is 6.42 Å². The van der Waals surface area contributed by atoms with Crippen LogP contribution >= 0.6 is 11.6 Å². The molecule has 0 fully saturated rings. The standard InChI is InChI=1S/C16H18ClN3O2/c1-3-4-9(2)20-16(22)12-7-10-5-6-11(17)8-13(10)18-14(12)15(21)19-20/h5-6,8-9,18H,3-4,7H2,1-2H3,(H,19,21). The largest absolute Gasteiger partial charge is 0.350 e. The van der Waals surface area contributed by atoms with Gasteiger partial charge in [-0.25, -0.2) is 4.68 Å². The maximum atomic E-state index is 12.7. The lowest BCUT2D eigenvalue weighted by molar-refractivity contribution is 0.428. The van der Waals surface area contributed by atoms with Crippen molar-refractivity contribution >= 4 is 23.0 Å². The van der Waals surface area contributed by atoms with E-state index in [2.05, 4.69) is 17.3 Å². The fraction of sp³-hybridized carbons (Fsp3) is 0.375. The fourth-order valence-electron chi connectivity index (χ4n) is 2.90. The predicted molar refractivity (Wildman–Crippen MR) is 88.5 cm³/mol. The van der Waals surface area contributed by atoms with Crippen molar-refractivity contribution in [3.8, 4) is 0 Å².